The molecular weight excluding hydrogens is 242 g/mol. The van der Waals surface area contributed by atoms with E-state index in [2.05, 4.69) is 12.2 Å². The van der Waals surface area contributed by atoms with Crippen LogP contribution in [0.2, 0.25) is 0 Å². The number of benzene rings is 1. The minimum Gasteiger partial charge on any atom is -0.493 e. The Morgan fingerprint density at radius 1 is 1.16 bits per heavy atom. The molecule has 0 aromatic heterocycles. The van der Waals surface area contributed by atoms with E-state index in [-0.39, 0.29) is 0 Å². The minimum absolute atomic E-state index is 0.367. The van der Waals surface area contributed by atoms with Gasteiger partial charge in [-0.25, -0.2) is 0 Å². The molecule has 0 radical (unpaired) electrons. The molecule has 1 rings (SSSR count). The van der Waals surface area contributed by atoms with Gasteiger partial charge in [0.1, 0.15) is 0 Å². The molecule has 0 amide bonds. The van der Waals surface area contributed by atoms with Gasteiger partial charge in [0, 0.05) is 25.3 Å². The first-order chi connectivity index (χ1) is 9.26. The Labute approximate surface area is 116 Å². The van der Waals surface area contributed by atoms with E-state index in [1.165, 1.54) is 0 Å². The molecule has 1 atom stereocenters. The lowest BCUT2D eigenvalue weighted by molar-refractivity contribution is 0.161. The maximum atomic E-state index is 5.42. The van der Waals surface area contributed by atoms with Crippen molar-refractivity contribution in [2.24, 2.45) is 0 Å². The van der Waals surface area contributed by atoms with Crippen molar-refractivity contribution in [3.63, 3.8) is 0 Å². The van der Waals surface area contributed by atoms with Crippen molar-refractivity contribution in [2.45, 2.75) is 32.4 Å². The first-order valence-electron chi connectivity index (χ1n) is 6.69. The molecule has 4 nitrogen and oxygen atoms in total. The lowest BCUT2D eigenvalue weighted by Crippen LogP contribution is -2.32. The lowest BCUT2D eigenvalue weighted by Gasteiger charge is -2.19. The highest BCUT2D eigenvalue weighted by atomic mass is 16.5. The Morgan fingerprint density at radius 3 is 2.53 bits per heavy atom. The topological polar surface area (TPSA) is 39.7 Å². The number of methoxy groups -OCH3 is 3. The molecule has 1 aromatic rings. The molecule has 0 heterocycles. The Bertz CT molecular complexity index is 362. The average Bonchev–Trinajstić information content (AvgIpc) is 2.44. The zero-order chi connectivity index (χ0) is 14.1. The third-order valence-corrected chi connectivity index (χ3v) is 3.07. The third-order valence-electron chi connectivity index (χ3n) is 3.07. The molecule has 0 bridgehead atoms. The number of hydrogen-bond acceptors (Lipinski definition) is 4. The van der Waals surface area contributed by atoms with Crippen LogP contribution in [0.4, 0.5) is 0 Å². The molecule has 1 N–H and O–H groups in total. The number of hydrogen-bond donors (Lipinski definition) is 1. The van der Waals surface area contributed by atoms with Crippen LogP contribution in [0, 0.1) is 0 Å². The van der Waals surface area contributed by atoms with Gasteiger partial charge in [-0.2, -0.15) is 0 Å². The number of nitrogens with one attached hydrogen (secondary N) is 1. The van der Waals surface area contributed by atoms with Crippen LogP contribution in [-0.2, 0) is 11.3 Å². The summed E-state index contributed by atoms with van der Waals surface area (Å²) in [5.74, 6) is 1.56. The maximum absolute atomic E-state index is 5.42. The van der Waals surface area contributed by atoms with Crippen molar-refractivity contribution >= 4 is 0 Å². The van der Waals surface area contributed by atoms with Gasteiger partial charge in [0.05, 0.1) is 20.8 Å². The standard InChI is InChI=1S/C15H25NO3/c1-5-7-13(11-17-2)16-10-12-8-6-9-14(18-3)15(12)19-4/h6,8-9,13,16H,5,7,10-11H2,1-4H3. The quantitative estimate of drug-likeness (QED) is 0.746. The fraction of sp³-hybridized carbons (Fsp3) is 0.600. The Balaban J connectivity index is 2.70. The van der Waals surface area contributed by atoms with Crippen LogP contribution < -0.4 is 14.8 Å². The number of ether oxygens (including phenoxy) is 3. The van der Waals surface area contributed by atoms with Gasteiger partial charge in [0.15, 0.2) is 11.5 Å². The van der Waals surface area contributed by atoms with Crippen molar-refractivity contribution in [1.29, 1.82) is 0 Å². The van der Waals surface area contributed by atoms with Crippen molar-refractivity contribution in [3.05, 3.63) is 23.8 Å². The summed E-state index contributed by atoms with van der Waals surface area (Å²) in [6.45, 7) is 3.64. The van der Waals surface area contributed by atoms with Gasteiger partial charge < -0.3 is 19.5 Å². The van der Waals surface area contributed by atoms with E-state index >= 15 is 0 Å². The molecule has 1 aromatic carbocycles. The lowest BCUT2D eigenvalue weighted by atomic mass is 10.1. The molecule has 0 aliphatic heterocycles. The van der Waals surface area contributed by atoms with Crippen molar-refractivity contribution in [3.8, 4) is 11.5 Å². The second-order valence-corrected chi connectivity index (χ2v) is 4.47. The predicted molar refractivity (Wildman–Crippen MR) is 77.0 cm³/mol. The summed E-state index contributed by atoms with van der Waals surface area (Å²) in [6.07, 6.45) is 2.23. The van der Waals surface area contributed by atoms with E-state index in [0.29, 0.717) is 6.04 Å². The molecule has 0 saturated carbocycles. The Kier molecular flexibility index (Phi) is 7.30. The molecule has 108 valence electrons. The van der Waals surface area contributed by atoms with Crippen molar-refractivity contribution in [1.82, 2.24) is 5.32 Å². The maximum Gasteiger partial charge on any atom is 0.165 e. The van der Waals surface area contributed by atoms with Crippen molar-refractivity contribution in [2.75, 3.05) is 27.9 Å². The molecule has 19 heavy (non-hydrogen) atoms. The predicted octanol–water partition coefficient (Wildman–Crippen LogP) is 2.61. The second kappa shape index (κ2) is 8.77. The molecule has 0 aliphatic rings. The Hall–Kier alpha value is -1.26. The van der Waals surface area contributed by atoms with Crippen molar-refractivity contribution < 1.29 is 14.2 Å². The van der Waals surface area contributed by atoms with Crippen LogP contribution in [0.3, 0.4) is 0 Å². The summed E-state index contributed by atoms with van der Waals surface area (Å²) in [5.41, 5.74) is 1.10. The van der Waals surface area contributed by atoms with Gasteiger partial charge in [0.25, 0.3) is 0 Å². The molecule has 0 fully saturated rings. The molecule has 0 spiro atoms. The molecular formula is C15H25NO3. The molecule has 0 saturated heterocycles. The summed E-state index contributed by atoms with van der Waals surface area (Å²) in [4.78, 5) is 0. The summed E-state index contributed by atoms with van der Waals surface area (Å²) in [5, 5.41) is 3.50. The second-order valence-electron chi connectivity index (χ2n) is 4.47. The average molecular weight is 267 g/mol. The van der Waals surface area contributed by atoms with E-state index in [1.54, 1.807) is 21.3 Å². The molecule has 0 aliphatic carbocycles. The summed E-state index contributed by atoms with van der Waals surface area (Å²) in [7, 11) is 5.05. The van der Waals surface area contributed by atoms with Gasteiger partial charge in [-0.3, -0.25) is 0 Å². The zero-order valence-corrected chi connectivity index (χ0v) is 12.4. The van der Waals surface area contributed by atoms with Crippen LogP contribution in [-0.4, -0.2) is 34.0 Å². The van der Waals surface area contributed by atoms with Gasteiger partial charge in [0.2, 0.25) is 0 Å². The van der Waals surface area contributed by atoms with E-state index in [9.17, 15) is 0 Å². The van der Waals surface area contributed by atoms with Gasteiger partial charge in [-0.15, -0.1) is 0 Å². The molecule has 4 heteroatoms. The summed E-state index contributed by atoms with van der Waals surface area (Å²) in [6, 6.07) is 6.29. The number of rotatable bonds is 9. The van der Waals surface area contributed by atoms with E-state index in [4.69, 9.17) is 14.2 Å². The minimum atomic E-state index is 0.367. The largest absolute Gasteiger partial charge is 0.493 e. The van der Waals surface area contributed by atoms with E-state index < -0.39 is 0 Å². The van der Waals surface area contributed by atoms with Crippen LogP contribution in [0.25, 0.3) is 0 Å². The monoisotopic (exact) mass is 267 g/mol. The fourth-order valence-corrected chi connectivity index (χ4v) is 2.14. The molecule has 1 unspecified atom stereocenters. The smallest absolute Gasteiger partial charge is 0.165 e. The van der Waals surface area contributed by atoms with Crippen LogP contribution >= 0.6 is 0 Å². The summed E-state index contributed by atoms with van der Waals surface area (Å²) >= 11 is 0. The Morgan fingerprint density at radius 2 is 1.95 bits per heavy atom. The van der Waals surface area contributed by atoms with E-state index in [0.717, 1.165) is 43.1 Å². The van der Waals surface area contributed by atoms with Gasteiger partial charge >= 0.3 is 0 Å². The fourth-order valence-electron chi connectivity index (χ4n) is 2.14. The SMILES string of the molecule is CCCC(COC)NCc1cccc(OC)c1OC. The van der Waals surface area contributed by atoms with Crippen LogP contribution in [0.5, 0.6) is 11.5 Å². The van der Waals surface area contributed by atoms with Crippen LogP contribution in [0.15, 0.2) is 18.2 Å². The highest BCUT2D eigenvalue weighted by Gasteiger charge is 2.12. The highest BCUT2D eigenvalue weighted by Crippen LogP contribution is 2.30. The first kappa shape index (κ1) is 15.8. The first-order valence-corrected chi connectivity index (χ1v) is 6.69. The van der Waals surface area contributed by atoms with Gasteiger partial charge in [-0.05, 0) is 12.5 Å². The zero-order valence-electron chi connectivity index (χ0n) is 12.4. The summed E-state index contributed by atoms with van der Waals surface area (Å²) < 4.78 is 16.0. The van der Waals surface area contributed by atoms with E-state index in [1.807, 2.05) is 18.2 Å². The van der Waals surface area contributed by atoms with Gasteiger partial charge in [-0.1, -0.05) is 25.5 Å². The normalized spacial score (nSPS) is 12.2. The number of para-hydroxylation sites is 1. The third kappa shape index (κ3) is 4.73. The highest BCUT2D eigenvalue weighted by molar-refractivity contribution is 5.46. The van der Waals surface area contributed by atoms with Crippen LogP contribution in [0.1, 0.15) is 25.3 Å².